The maximum Gasteiger partial charge on any atom is 0.136 e. The van der Waals surface area contributed by atoms with E-state index in [4.69, 9.17) is 0 Å². The van der Waals surface area contributed by atoms with E-state index in [0.29, 0.717) is 16.0 Å². The van der Waals surface area contributed by atoms with E-state index in [1.54, 1.807) is 0 Å². The summed E-state index contributed by atoms with van der Waals surface area (Å²) in [5.41, 5.74) is 0. The average Bonchev–Trinajstić information content (AvgIpc) is 2.32. The van der Waals surface area contributed by atoms with Crippen LogP contribution in [0.5, 0.6) is 0 Å². The lowest BCUT2D eigenvalue weighted by Crippen LogP contribution is -2.99. The van der Waals surface area contributed by atoms with E-state index in [2.05, 4.69) is 34.8 Å². The molecule has 2 rings (SSSR count). The summed E-state index contributed by atoms with van der Waals surface area (Å²) in [6.45, 7) is 2.30. The third-order valence-electron chi connectivity index (χ3n) is 4.60. The molecule has 0 amide bonds. The minimum absolute atomic E-state index is 0.297. The molecule has 0 bridgehead atoms. The molecule has 2 N–H and O–H groups in total. The quantitative estimate of drug-likeness (QED) is 0.462. The molecule has 2 nitrogen and oxygen atoms in total. The van der Waals surface area contributed by atoms with Gasteiger partial charge in [0.1, 0.15) is 4.05 Å². The van der Waals surface area contributed by atoms with Crippen LogP contribution < -0.4 is 10.4 Å². The molecule has 0 radical (unpaired) electrons. The molecule has 94 valence electrons. The first-order valence-electron chi connectivity index (χ1n) is 6.85. The fourth-order valence-electron chi connectivity index (χ4n) is 3.42. The first kappa shape index (κ1) is 13.1. The molecule has 1 saturated heterocycles. The summed E-state index contributed by atoms with van der Waals surface area (Å²) in [7, 11) is 0. The van der Waals surface area contributed by atoms with Gasteiger partial charge in [0.25, 0.3) is 0 Å². The summed E-state index contributed by atoms with van der Waals surface area (Å²) >= 11 is 2.50. The van der Waals surface area contributed by atoms with Crippen LogP contribution in [-0.2, 0) is 0 Å². The molecule has 1 aliphatic heterocycles. The Morgan fingerprint density at radius 1 is 1.12 bits per heavy atom. The molecule has 0 aromatic rings. The van der Waals surface area contributed by atoms with Crippen LogP contribution in [0.2, 0.25) is 0 Å². The Bertz CT molecular complexity index is 216. The third-order valence-corrected chi connectivity index (χ3v) is 5.64. The van der Waals surface area contributed by atoms with E-state index in [1.165, 1.54) is 32.1 Å². The maximum atomic E-state index is 12.0. The number of alkyl halides is 1. The molecule has 0 spiro atoms. The zero-order valence-corrected chi connectivity index (χ0v) is 12.4. The molecule has 2 aliphatic rings. The van der Waals surface area contributed by atoms with Gasteiger partial charge in [-0.25, -0.2) is 0 Å². The van der Waals surface area contributed by atoms with Crippen molar-refractivity contribution in [2.24, 2.45) is 11.8 Å². The SMILES string of the molecule is CCC1CCC(C2[NH2+]C(I)CCC2[O-])CC1. The maximum absolute atomic E-state index is 12.0. The second-order valence-electron chi connectivity index (χ2n) is 5.59. The van der Waals surface area contributed by atoms with E-state index in [-0.39, 0.29) is 6.10 Å². The standard InChI is InChI=1S/C13H23INO/c1-2-9-3-5-10(6-4-9)13-11(16)7-8-12(14)15-13/h9-13,15H,2-8H2,1H3/q-1/p+1. The van der Waals surface area contributed by atoms with E-state index < -0.39 is 0 Å². The summed E-state index contributed by atoms with van der Waals surface area (Å²) in [4.78, 5) is 0. The molecule has 3 atom stereocenters. The van der Waals surface area contributed by atoms with Crippen molar-refractivity contribution >= 4 is 22.6 Å². The summed E-state index contributed by atoms with van der Waals surface area (Å²) in [6.07, 6.45) is 8.39. The molecule has 1 saturated carbocycles. The van der Waals surface area contributed by atoms with E-state index >= 15 is 0 Å². The van der Waals surface area contributed by atoms with Crippen molar-refractivity contribution in [1.29, 1.82) is 0 Å². The van der Waals surface area contributed by atoms with Crippen molar-refractivity contribution in [3.8, 4) is 0 Å². The zero-order valence-electron chi connectivity index (χ0n) is 10.2. The van der Waals surface area contributed by atoms with Gasteiger partial charge in [0.2, 0.25) is 0 Å². The van der Waals surface area contributed by atoms with Crippen molar-refractivity contribution in [2.45, 2.75) is 68.1 Å². The molecular formula is C13H24INO. The van der Waals surface area contributed by atoms with Gasteiger partial charge in [-0.2, -0.15) is 0 Å². The highest BCUT2D eigenvalue weighted by Crippen LogP contribution is 2.33. The minimum Gasteiger partial charge on any atom is -0.848 e. The highest BCUT2D eigenvalue weighted by Gasteiger charge is 2.34. The zero-order chi connectivity index (χ0) is 11.5. The van der Waals surface area contributed by atoms with Crippen LogP contribution in [0.1, 0.15) is 51.9 Å². The Kier molecular flexibility index (Phi) is 4.91. The lowest BCUT2D eigenvalue weighted by molar-refractivity contribution is -0.741. The van der Waals surface area contributed by atoms with Crippen LogP contribution in [0.25, 0.3) is 0 Å². The van der Waals surface area contributed by atoms with Gasteiger partial charge in [0, 0.05) is 12.3 Å². The lowest BCUT2D eigenvalue weighted by atomic mass is 9.75. The van der Waals surface area contributed by atoms with Gasteiger partial charge < -0.3 is 10.4 Å². The number of hydrogen-bond acceptors (Lipinski definition) is 1. The monoisotopic (exact) mass is 337 g/mol. The van der Waals surface area contributed by atoms with Gasteiger partial charge >= 0.3 is 0 Å². The van der Waals surface area contributed by atoms with Crippen LogP contribution in [0.15, 0.2) is 0 Å². The second kappa shape index (κ2) is 6.01. The number of hydrogen-bond donors (Lipinski definition) is 1. The van der Waals surface area contributed by atoms with Crippen LogP contribution in [-0.4, -0.2) is 16.2 Å². The number of halogens is 1. The van der Waals surface area contributed by atoms with E-state index in [9.17, 15) is 5.11 Å². The van der Waals surface area contributed by atoms with Gasteiger partial charge in [-0.15, -0.1) is 0 Å². The van der Waals surface area contributed by atoms with Gasteiger partial charge in [-0.1, -0.05) is 25.9 Å². The molecule has 1 heterocycles. The van der Waals surface area contributed by atoms with Crippen molar-refractivity contribution in [3.05, 3.63) is 0 Å². The van der Waals surface area contributed by atoms with Gasteiger partial charge in [0.05, 0.1) is 6.04 Å². The second-order valence-corrected chi connectivity index (χ2v) is 7.19. The van der Waals surface area contributed by atoms with Gasteiger partial charge in [0.15, 0.2) is 0 Å². The highest BCUT2D eigenvalue weighted by molar-refractivity contribution is 14.1. The van der Waals surface area contributed by atoms with Crippen molar-refractivity contribution in [2.75, 3.05) is 0 Å². The predicted molar refractivity (Wildman–Crippen MR) is 72.3 cm³/mol. The largest absolute Gasteiger partial charge is 0.848 e. The third kappa shape index (κ3) is 3.10. The van der Waals surface area contributed by atoms with Crippen LogP contribution in [0.4, 0.5) is 0 Å². The Hall–Kier alpha value is 0.650. The molecule has 0 aromatic carbocycles. The van der Waals surface area contributed by atoms with E-state index in [1.807, 2.05) is 0 Å². The molecule has 1 aliphatic carbocycles. The van der Waals surface area contributed by atoms with Crippen LogP contribution >= 0.6 is 22.6 Å². The Morgan fingerprint density at radius 2 is 1.81 bits per heavy atom. The fraction of sp³-hybridized carbons (Fsp3) is 1.00. The summed E-state index contributed by atoms with van der Waals surface area (Å²) in [5, 5.41) is 14.4. The normalized spacial score (nSPS) is 45.6. The van der Waals surface area contributed by atoms with Gasteiger partial charge in [-0.05, 0) is 54.2 Å². The summed E-state index contributed by atoms with van der Waals surface area (Å²) in [6, 6.07) is 0.383. The van der Waals surface area contributed by atoms with Crippen LogP contribution in [0, 0.1) is 11.8 Å². The van der Waals surface area contributed by atoms with Crippen molar-refractivity contribution < 1.29 is 10.4 Å². The summed E-state index contributed by atoms with van der Waals surface area (Å²) < 4.78 is 0.650. The fourth-order valence-corrected chi connectivity index (χ4v) is 4.26. The lowest BCUT2D eigenvalue weighted by Gasteiger charge is -2.43. The van der Waals surface area contributed by atoms with E-state index in [0.717, 1.165) is 18.8 Å². The first-order valence-corrected chi connectivity index (χ1v) is 8.10. The number of quaternary nitrogens is 1. The first-order chi connectivity index (χ1) is 7.70. The molecule has 16 heavy (non-hydrogen) atoms. The number of rotatable bonds is 2. The molecule has 3 heteroatoms. The highest BCUT2D eigenvalue weighted by atomic mass is 127. The molecule has 3 unspecified atom stereocenters. The Balaban J connectivity index is 1.87. The smallest absolute Gasteiger partial charge is 0.136 e. The van der Waals surface area contributed by atoms with Crippen LogP contribution in [0.3, 0.4) is 0 Å². The Labute approximate surface area is 113 Å². The topological polar surface area (TPSA) is 39.7 Å². The predicted octanol–water partition coefficient (Wildman–Crippen LogP) is 1.42. The van der Waals surface area contributed by atoms with Crippen molar-refractivity contribution in [3.63, 3.8) is 0 Å². The molecule has 0 aromatic heterocycles. The summed E-state index contributed by atoms with van der Waals surface area (Å²) in [5.74, 6) is 1.66. The van der Waals surface area contributed by atoms with Gasteiger partial charge in [-0.3, -0.25) is 0 Å². The molecular weight excluding hydrogens is 313 g/mol. The average molecular weight is 337 g/mol. The number of piperidine rings is 1. The number of nitrogens with two attached hydrogens (primary N) is 1. The van der Waals surface area contributed by atoms with Crippen molar-refractivity contribution in [1.82, 2.24) is 0 Å². The molecule has 2 fully saturated rings. The minimum atomic E-state index is -0.297. The Morgan fingerprint density at radius 3 is 2.44 bits per heavy atom.